The molecule has 1 saturated carbocycles. The van der Waals surface area contributed by atoms with E-state index >= 15 is 0 Å². The van der Waals surface area contributed by atoms with Gasteiger partial charge < -0.3 is 15.7 Å². The summed E-state index contributed by atoms with van der Waals surface area (Å²) in [7, 11) is 0. The second-order valence-corrected chi connectivity index (χ2v) is 5.22. The Bertz CT molecular complexity index is 351. The molecule has 1 aliphatic rings. The quantitative estimate of drug-likeness (QED) is 0.660. The average molecular weight is 270 g/mol. The topological polar surface area (TPSA) is 95.5 Å². The van der Waals surface area contributed by atoms with Crippen molar-refractivity contribution in [2.24, 2.45) is 5.92 Å². The molecule has 0 aliphatic heterocycles. The zero-order valence-electron chi connectivity index (χ0n) is 11.4. The highest BCUT2D eigenvalue weighted by Crippen LogP contribution is 2.24. The van der Waals surface area contributed by atoms with Crippen LogP contribution in [0.3, 0.4) is 0 Å². The van der Waals surface area contributed by atoms with Crippen LogP contribution in [0.1, 0.15) is 46.0 Å². The van der Waals surface area contributed by atoms with Gasteiger partial charge in [0, 0.05) is 18.4 Å². The monoisotopic (exact) mass is 270 g/mol. The maximum absolute atomic E-state index is 11.8. The lowest BCUT2D eigenvalue weighted by Crippen LogP contribution is -2.43. The third-order valence-electron chi connectivity index (χ3n) is 3.35. The molecule has 1 rings (SSSR count). The van der Waals surface area contributed by atoms with Crippen molar-refractivity contribution in [2.45, 2.75) is 58.0 Å². The number of hydrogen-bond acceptors (Lipinski definition) is 3. The first-order chi connectivity index (χ1) is 8.90. The molecule has 0 aromatic rings. The van der Waals surface area contributed by atoms with E-state index < -0.39 is 12.0 Å². The SMILES string of the molecule is CC(CC(=O)NC(C)C(=O)O)NC(=O)C1CCCC1. The van der Waals surface area contributed by atoms with Gasteiger partial charge in [-0.1, -0.05) is 12.8 Å². The van der Waals surface area contributed by atoms with Gasteiger partial charge in [0.25, 0.3) is 0 Å². The lowest BCUT2D eigenvalue weighted by molar-refractivity contribution is -0.141. The first-order valence-corrected chi connectivity index (χ1v) is 6.72. The van der Waals surface area contributed by atoms with Crippen LogP contribution in [0.2, 0.25) is 0 Å². The minimum atomic E-state index is -1.07. The predicted octanol–water partition coefficient (Wildman–Crippen LogP) is 0.661. The van der Waals surface area contributed by atoms with Crippen LogP contribution in [0.25, 0.3) is 0 Å². The molecule has 108 valence electrons. The van der Waals surface area contributed by atoms with Crippen LogP contribution in [0, 0.1) is 5.92 Å². The first-order valence-electron chi connectivity index (χ1n) is 6.72. The second-order valence-electron chi connectivity index (χ2n) is 5.22. The van der Waals surface area contributed by atoms with E-state index in [9.17, 15) is 14.4 Å². The molecule has 0 aromatic heterocycles. The van der Waals surface area contributed by atoms with E-state index in [0.29, 0.717) is 0 Å². The second kappa shape index (κ2) is 7.11. The highest BCUT2D eigenvalue weighted by atomic mass is 16.4. The number of carboxylic acid groups (broad SMARTS) is 1. The van der Waals surface area contributed by atoms with Gasteiger partial charge in [-0.25, -0.2) is 0 Å². The molecule has 2 amide bonds. The third kappa shape index (κ3) is 5.28. The molecular weight excluding hydrogens is 248 g/mol. The van der Waals surface area contributed by atoms with E-state index in [0.717, 1.165) is 25.7 Å². The molecule has 2 unspecified atom stereocenters. The molecule has 6 heteroatoms. The van der Waals surface area contributed by atoms with Crippen molar-refractivity contribution in [3.63, 3.8) is 0 Å². The molecule has 0 heterocycles. The molecule has 0 saturated heterocycles. The molecule has 1 aliphatic carbocycles. The van der Waals surface area contributed by atoms with E-state index in [1.165, 1.54) is 6.92 Å². The van der Waals surface area contributed by atoms with Crippen molar-refractivity contribution in [1.82, 2.24) is 10.6 Å². The zero-order valence-corrected chi connectivity index (χ0v) is 11.4. The van der Waals surface area contributed by atoms with E-state index in [1.54, 1.807) is 6.92 Å². The smallest absolute Gasteiger partial charge is 0.325 e. The Kier molecular flexibility index (Phi) is 5.79. The molecule has 1 fully saturated rings. The van der Waals surface area contributed by atoms with E-state index in [2.05, 4.69) is 10.6 Å². The van der Waals surface area contributed by atoms with Gasteiger partial charge in [-0.05, 0) is 26.7 Å². The van der Waals surface area contributed by atoms with Crippen LogP contribution >= 0.6 is 0 Å². The summed E-state index contributed by atoms with van der Waals surface area (Å²) in [4.78, 5) is 34.0. The molecular formula is C13H22N2O4. The fraction of sp³-hybridized carbons (Fsp3) is 0.769. The third-order valence-corrected chi connectivity index (χ3v) is 3.35. The molecule has 6 nitrogen and oxygen atoms in total. The normalized spacial score (nSPS) is 18.6. The van der Waals surface area contributed by atoms with Crippen LogP contribution in [0.5, 0.6) is 0 Å². The molecule has 19 heavy (non-hydrogen) atoms. The van der Waals surface area contributed by atoms with Crippen LogP contribution in [0.4, 0.5) is 0 Å². The summed E-state index contributed by atoms with van der Waals surface area (Å²) in [6.07, 6.45) is 4.10. The lowest BCUT2D eigenvalue weighted by Gasteiger charge is -2.17. The summed E-state index contributed by atoms with van der Waals surface area (Å²) in [6.45, 7) is 3.15. The van der Waals surface area contributed by atoms with Gasteiger partial charge >= 0.3 is 5.97 Å². The van der Waals surface area contributed by atoms with Gasteiger partial charge in [0.05, 0.1) is 0 Å². The van der Waals surface area contributed by atoms with Crippen molar-refractivity contribution in [2.75, 3.05) is 0 Å². The number of carbonyl (C=O) groups is 3. The molecule has 0 aromatic carbocycles. The summed E-state index contributed by atoms with van der Waals surface area (Å²) in [5.41, 5.74) is 0. The number of rotatable bonds is 6. The molecule has 0 spiro atoms. The number of hydrogen-bond donors (Lipinski definition) is 3. The maximum atomic E-state index is 11.8. The molecule has 3 N–H and O–H groups in total. The molecule has 0 bridgehead atoms. The van der Waals surface area contributed by atoms with Gasteiger partial charge in [-0.15, -0.1) is 0 Å². The van der Waals surface area contributed by atoms with Crippen LogP contribution in [-0.2, 0) is 14.4 Å². The molecule has 0 radical (unpaired) electrons. The predicted molar refractivity (Wildman–Crippen MR) is 69.4 cm³/mol. The Morgan fingerprint density at radius 2 is 1.74 bits per heavy atom. The summed E-state index contributed by atoms with van der Waals surface area (Å²) in [5, 5.41) is 13.8. The maximum Gasteiger partial charge on any atom is 0.325 e. The number of aliphatic carboxylic acids is 1. The number of carbonyl (C=O) groups excluding carboxylic acids is 2. The van der Waals surface area contributed by atoms with E-state index in [4.69, 9.17) is 5.11 Å². The Morgan fingerprint density at radius 3 is 2.26 bits per heavy atom. The Labute approximate surface area is 112 Å². The van der Waals surface area contributed by atoms with Gasteiger partial charge in [-0.2, -0.15) is 0 Å². The van der Waals surface area contributed by atoms with Gasteiger partial charge in [0.2, 0.25) is 11.8 Å². The Morgan fingerprint density at radius 1 is 1.16 bits per heavy atom. The minimum absolute atomic E-state index is 0.00378. The number of carboxylic acids is 1. The standard InChI is InChI=1S/C13H22N2O4/c1-8(7-11(16)15-9(2)13(18)19)14-12(17)10-5-3-4-6-10/h8-10H,3-7H2,1-2H3,(H,14,17)(H,15,16)(H,18,19). The highest BCUT2D eigenvalue weighted by Gasteiger charge is 2.24. The minimum Gasteiger partial charge on any atom is -0.480 e. The number of nitrogens with one attached hydrogen (secondary N) is 2. The molecule has 2 atom stereocenters. The summed E-state index contributed by atoms with van der Waals surface area (Å²) in [6, 6.07) is -1.20. The van der Waals surface area contributed by atoms with Crippen LogP contribution in [0.15, 0.2) is 0 Å². The van der Waals surface area contributed by atoms with Crippen molar-refractivity contribution in [1.29, 1.82) is 0 Å². The van der Waals surface area contributed by atoms with E-state index in [1.807, 2.05) is 0 Å². The van der Waals surface area contributed by atoms with Crippen molar-refractivity contribution in [3.8, 4) is 0 Å². The summed E-state index contributed by atoms with van der Waals surface area (Å²) in [5.74, 6) is -1.36. The van der Waals surface area contributed by atoms with Crippen LogP contribution in [-0.4, -0.2) is 35.0 Å². The average Bonchev–Trinajstić information content (AvgIpc) is 2.81. The first kappa shape index (κ1) is 15.5. The summed E-state index contributed by atoms with van der Waals surface area (Å²) >= 11 is 0. The fourth-order valence-corrected chi connectivity index (χ4v) is 2.24. The number of amides is 2. The summed E-state index contributed by atoms with van der Waals surface area (Å²) < 4.78 is 0. The zero-order chi connectivity index (χ0) is 14.4. The fourth-order valence-electron chi connectivity index (χ4n) is 2.24. The Balaban J connectivity index is 2.29. The largest absolute Gasteiger partial charge is 0.480 e. The van der Waals surface area contributed by atoms with E-state index in [-0.39, 0.29) is 30.2 Å². The van der Waals surface area contributed by atoms with Crippen molar-refractivity contribution < 1.29 is 19.5 Å². The van der Waals surface area contributed by atoms with Gasteiger partial charge in [0.15, 0.2) is 0 Å². The van der Waals surface area contributed by atoms with Crippen LogP contribution < -0.4 is 10.6 Å². The Hall–Kier alpha value is -1.59. The van der Waals surface area contributed by atoms with Gasteiger partial charge in [-0.3, -0.25) is 14.4 Å². The lowest BCUT2D eigenvalue weighted by atomic mass is 10.1. The van der Waals surface area contributed by atoms with Crippen molar-refractivity contribution in [3.05, 3.63) is 0 Å². The van der Waals surface area contributed by atoms with Crippen molar-refractivity contribution >= 4 is 17.8 Å². The highest BCUT2D eigenvalue weighted by molar-refractivity contribution is 5.84. The van der Waals surface area contributed by atoms with Gasteiger partial charge in [0.1, 0.15) is 6.04 Å².